The SMILES string of the molecule is CCn1c(-c2ccc(OC)c(Br)c2)n[nH]c1=S. The van der Waals surface area contributed by atoms with Crippen molar-refractivity contribution in [3.8, 4) is 17.1 Å². The third kappa shape index (κ3) is 2.28. The molecule has 2 rings (SSSR count). The first kappa shape index (κ1) is 12.3. The largest absolute Gasteiger partial charge is 0.496 e. The second-order valence-electron chi connectivity index (χ2n) is 3.45. The van der Waals surface area contributed by atoms with E-state index in [2.05, 4.69) is 26.1 Å². The Morgan fingerprint density at radius 2 is 2.29 bits per heavy atom. The van der Waals surface area contributed by atoms with E-state index in [-0.39, 0.29) is 0 Å². The van der Waals surface area contributed by atoms with Crippen LogP contribution in [0.4, 0.5) is 0 Å². The van der Waals surface area contributed by atoms with Gasteiger partial charge in [-0.1, -0.05) is 0 Å². The van der Waals surface area contributed by atoms with Crippen LogP contribution < -0.4 is 4.74 Å². The van der Waals surface area contributed by atoms with E-state index in [1.165, 1.54) is 0 Å². The minimum Gasteiger partial charge on any atom is -0.496 e. The molecule has 0 unspecified atom stereocenters. The Balaban J connectivity index is 2.53. The second kappa shape index (κ2) is 5.01. The van der Waals surface area contributed by atoms with Crippen LogP contribution in [-0.2, 0) is 6.54 Å². The zero-order valence-corrected chi connectivity index (χ0v) is 11.9. The third-order valence-electron chi connectivity index (χ3n) is 2.48. The van der Waals surface area contributed by atoms with Crippen LogP contribution in [0.2, 0.25) is 0 Å². The molecule has 6 heteroatoms. The Hall–Kier alpha value is -1.14. The van der Waals surface area contributed by atoms with Crippen molar-refractivity contribution >= 4 is 28.1 Å². The Labute approximate surface area is 113 Å². The van der Waals surface area contributed by atoms with E-state index >= 15 is 0 Å². The minimum absolute atomic E-state index is 0.634. The van der Waals surface area contributed by atoms with E-state index in [9.17, 15) is 0 Å². The monoisotopic (exact) mass is 313 g/mol. The van der Waals surface area contributed by atoms with Gasteiger partial charge in [0.15, 0.2) is 10.6 Å². The summed E-state index contributed by atoms with van der Waals surface area (Å²) in [6.45, 7) is 2.82. The van der Waals surface area contributed by atoms with Crippen LogP contribution in [0.5, 0.6) is 5.75 Å². The summed E-state index contributed by atoms with van der Waals surface area (Å²) in [5, 5.41) is 7.04. The summed E-state index contributed by atoms with van der Waals surface area (Å²) in [5.74, 6) is 1.63. The summed E-state index contributed by atoms with van der Waals surface area (Å²) >= 11 is 8.62. The highest BCUT2D eigenvalue weighted by molar-refractivity contribution is 9.10. The molecule has 0 fully saturated rings. The minimum atomic E-state index is 0.634. The standard InChI is InChI=1S/C11H12BrN3OS/c1-3-15-10(13-14-11(15)17)7-4-5-9(16-2)8(12)6-7/h4-6H,3H2,1-2H3,(H,14,17). The van der Waals surface area contributed by atoms with Crippen LogP contribution in [0, 0.1) is 4.77 Å². The number of ether oxygens (including phenoxy) is 1. The average molecular weight is 314 g/mol. The summed E-state index contributed by atoms with van der Waals surface area (Å²) in [6, 6.07) is 5.83. The topological polar surface area (TPSA) is 42.8 Å². The fourth-order valence-corrected chi connectivity index (χ4v) is 2.44. The van der Waals surface area contributed by atoms with E-state index in [1.54, 1.807) is 7.11 Å². The molecule has 0 atom stereocenters. The molecule has 0 saturated carbocycles. The van der Waals surface area contributed by atoms with Crippen molar-refractivity contribution in [2.75, 3.05) is 7.11 Å². The Morgan fingerprint density at radius 1 is 1.53 bits per heavy atom. The molecular formula is C11H12BrN3OS. The molecule has 0 aliphatic rings. The van der Waals surface area contributed by atoms with Gasteiger partial charge in [-0.15, -0.1) is 0 Å². The van der Waals surface area contributed by atoms with Crippen molar-refractivity contribution < 1.29 is 4.74 Å². The van der Waals surface area contributed by atoms with Gasteiger partial charge in [-0.3, -0.25) is 5.10 Å². The molecule has 0 saturated heterocycles. The van der Waals surface area contributed by atoms with Crippen LogP contribution in [-0.4, -0.2) is 21.9 Å². The number of H-pyrrole nitrogens is 1. The van der Waals surface area contributed by atoms with Crippen molar-refractivity contribution in [2.24, 2.45) is 0 Å². The highest BCUT2D eigenvalue weighted by Gasteiger charge is 2.09. The first-order chi connectivity index (χ1) is 8.17. The van der Waals surface area contributed by atoms with Crippen molar-refractivity contribution in [1.29, 1.82) is 0 Å². The fourth-order valence-electron chi connectivity index (χ4n) is 1.64. The lowest BCUT2D eigenvalue weighted by atomic mass is 10.2. The van der Waals surface area contributed by atoms with E-state index in [0.29, 0.717) is 4.77 Å². The molecule has 1 heterocycles. The fraction of sp³-hybridized carbons (Fsp3) is 0.273. The van der Waals surface area contributed by atoms with Crippen LogP contribution >= 0.6 is 28.1 Å². The highest BCUT2D eigenvalue weighted by atomic mass is 79.9. The van der Waals surface area contributed by atoms with E-state index < -0.39 is 0 Å². The molecule has 1 aromatic carbocycles. The third-order valence-corrected chi connectivity index (χ3v) is 3.42. The Bertz CT molecular complexity index is 591. The maximum atomic E-state index is 5.20. The van der Waals surface area contributed by atoms with Crippen molar-refractivity contribution in [2.45, 2.75) is 13.5 Å². The zero-order chi connectivity index (χ0) is 12.4. The van der Waals surface area contributed by atoms with E-state index in [4.69, 9.17) is 17.0 Å². The maximum Gasteiger partial charge on any atom is 0.195 e. The van der Waals surface area contributed by atoms with Gasteiger partial charge in [0, 0.05) is 12.1 Å². The van der Waals surface area contributed by atoms with Gasteiger partial charge in [0.1, 0.15) is 5.75 Å². The molecule has 17 heavy (non-hydrogen) atoms. The van der Waals surface area contributed by atoms with Gasteiger partial charge in [-0.2, -0.15) is 5.10 Å². The lowest BCUT2D eigenvalue weighted by molar-refractivity contribution is 0.412. The van der Waals surface area contributed by atoms with Gasteiger partial charge in [0.05, 0.1) is 11.6 Å². The van der Waals surface area contributed by atoms with Crippen LogP contribution in [0.25, 0.3) is 11.4 Å². The van der Waals surface area contributed by atoms with E-state index in [1.807, 2.05) is 29.7 Å². The van der Waals surface area contributed by atoms with Gasteiger partial charge in [-0.05, 0) is 53.3 Å². The summed E-state index contributed by atoms with van der Waals surface area (Å²) in [6.07, 6.45) is 0. The summed E-state index contributed by atoms with van der Waals surface area (Å²) in [5.41, 5.74) is 0.992. The molecule has 4 nitrogen and oxygen atoms in total. The molecule has 2 aromatic rings. The lowest BCUT2D eigenvalue weighted by Crippen LogP contribution is -1.97. The molecule has 1 aromatic heterocycles. The predicted molar refractivity (Wildman–Crippen MR) is 72.8 cm³/mol. The van der Waals surface area contributed by atoms with Gasteiger partial charge >= 0.3 is 0 Å². The van der Waals surface area contributed by atoms with Crippen LogP contribution in [0.1, 0.15) is 6.92 Å². The van der Waals surface area contributed by atoms with Gasteiger partial charge in [0.25, 0.3) is 0 Å². The number of hydrogen-bond acceptors (Lipinski definition) is 3. The average Bonchev–Trinajstić information content (AvgIpc) is 2.70. The Kier molecular flexibility index (Phi) is 3.63. The summed E-state index contributed by atoms with van der Waals surface area (Å²) < 4.78 is 8.67. The lowest BCUT2D eigenvalue weighted by Gasteiger charge is -2.06. The van der Waals surface area contributed by atoms with Gasteiger partial charge in [-0.25, -0.2) is 0 Å². The quantitative estimate of drug-likeness (QED) is 0.883. The number of rotatable bonds is 3. The number of benzene rings is 1. The molecule has 90 valence electrons. The Morgan fingerprint density at radius 3 is 2.88 bits per heavy atom. The molecule has 0 aliphatic heterocycles. The van der Waals surface area contributed by atoms with Crippen molar-refractivity contribution in [3.63, 3.8) is 0 Å². The molecule has 0 amide bonds. The normalized spacial score (nSPS) is 10.5. The first-order valence-electron chi connectivity index (χ1n) is 5.16. The number of aromatic nitrogens is 3. The zero-order valence-electron chi connectivity index (χ0n) is 9.53. The molecule has 0 spiro atoms. The van der Waals surface area contributed by atoms with Crippen molar-refractivity contribution in [3.05, 3.63) is 27.4 Å². The second-order valence-corrected chi connectivity index (χ2v) is 4.69. The van der Waals surface area contributed by atoms with Gasteiger partial charge in [0.2, 0.25) is 0 Å². The summed E-state index contributed by atoms with van der Waals surface area (Å²) in [7, 11) is 1.64. The highest BCUT2D eigenvalue weighted by Crippen LogP contribution is 2.29. The molecular weight excluding hydrogens is 302 g/mol. The molecule has 0 bridgehead atoms. The number of halogens is 1. The predicted octanol–water partition coefficient (Wildman–Crippen LogP) is 3.40. The number of methoxy groups -OCH3 is 1. The number of aromatic amines is 1. The van der Waals surface area contributed by atoms with Crippen LogP contribution in [0.15, 0.2) is 22.7 Å². The van der Waals surface area contributed by atoms with Gasteiger partial charge < -0.3 is 9.30 Å². The maximum absolute atomic E-state index is 5.20. The molecule has 0 radical (unpaired) electrons. The smallest absolute Gasteiger partial charge is 0.195 e. The number of nitrogens with one attached hydrogen (secondary N) is 1. The molecule has 0 aliphatic carbocycles. The number of nitrogens with zero attached hydrogens (tertiary/aromatic N) is 2. The van der Waals surface area contributed by atoms with Crippen molar-refractivity contribution in [1.82, 2.24) is 14.8 Å². The number of hydrogen-bond donors (Lipinski definition) is 1. The van der Waals surface area contributed by atoms with Crippen LogP contribution in [0.3, 0.4) is 0 Å². The summed E-state index contributed by atoms with van der Waals surface area (Å²) in [4.78, 5) is 0. The first-order valence-corrected chi connectivity index (χ1v) is 6.36. The van der Waals surface area contributed by atoms with E-state index in [0.717, 1.165) is 28.2 Å². The molecule has 1 N–H and O–H groups in total.